The van der Waals surface area contributed by atoms with Crippen LogP contribution in [0.4, 0.5) is 0 Å². The van der Waals surface area contributed by atoms with Crippen molar-refractivity contribution in [2.24, 2.45) is 0 Å². The number of ether oxygens (including phenoxy) is 2. The number of aliphatic hydroxyl groups excluding tert-OH is 1. The summed E-state index contributed by atoms with van der Waals surface area (Å²) in [5.74, 6) is -0.931. The molecule has 9 nitrogen and oxygen atoms in total. The van der Waals surface area contributed by atoms with Gasteiger partial charge in [0.05, 0.1) is 18.8 Å². The summed E-state index contributed by atoms with van der Waals surface area (Å²) < 4.78 is 13.1. The van der Waals surface area contributed by atoms with Crippen LogP contribution in [0, 0.1) is 0 Å². The van der Waals surface area contributed by atoms with Crippen LogP contribution in [-0.2, 0) is 38.6 Å². The summed E-state index contributed by atoms with van der Waals surface area (Å²) in [4.78, 5) is 29.8. The van der Waals surface area contributed by atoms with Gasteiger partial charge in [0, 0.05) is 62.8 Å². The summed E-state index contributed by atoms with van der Waals surface area (Å²) in [5.41, 5.74) is 6.93. The van der Waals surface area contributed by atoms with Crippen LogP contribution in [0.3, 0.4) is 0 Å². The molecule has 0 unspecified atom stereocenters. The van der Waals surface area contributed by atoms with Gasteiger partial charge in [0.25, 0.3) is 0 Å². The second-order valence-electron chi connectivity index (χ2n) is 12.3. The smallest absolute Gasteiger partial charge is 0.303 e. The number of pyridine rings is 1. The average Bonchev–Trinajstić information content (AvgIpc) is 3.12. The summed E-state index contributed by atoms with van der Waals surface area (Å²) >= 11 is 0. The minimum Gasteiger partial charge on any atom is -0.481 e. The summed E-state index contributed by atoms with van der Waals surface area (Å²) in [6.07, 6.45) is 4.02. The van der Waals surface area contributed by atoms with Gasteiger partial charge in [-0.2, -0.15) is 0 Å². The van der Waals surface area contributed by atoms with Gasteiger partial charge in [-0.15, -0.1) is 0 Å². The Labute approximate surface area is 282 Å². The van der Waals surface area contributed by atoms with Gasteiger partial charge in [-0.3, -0.25) is 14.6 Å². The molecule has 5 rings (SSSR count). The quantitative estimate of drug-likeness (QED) is 0.122. The molecule has 3 aromatic carbocycles. The predicted molar refractivity (Wildman–Crippen MR) is 184 cm³/mol. The van der Waals surface area contributed by atoms with E-state index in [1.54, 1.807) is 0 Å². The van der Waals surface area contributed by atoms with Crippen molar-refractivity contribution in [2.45, 2.75) is 70.2 Å². The number of rotatable bonds is 16. The van der Waals surface area contributed by atoms with Gasteiger partial charge in [-0.05, 0) is 59.8 Å². The third-order valence-corrected chi connectivity index (χ3v) is 8.64. The molecule has 1 fully saturated rings. The van der Waals surface area contributed by atoms with Crippen LogP contribution in [0.1, 0.15) is 72.4 Å². The van der Waals surface area contributed by atoms with Crippen molar-refractivity contribution < 1.29 is 29.3 Å². The van der Waals surface area contributed by atoms with E-state index in [0.717, 1.165) is 58.6 Å². The molecule has 0 spiro atoms. The van der Waals surface area contributed by atoms with E-state index in [-0.39, 0.29) is 31.1 Å². The Morgan fingerprint density at radius 1 is 0.896 bits per heavy atom. The second-order valence-corrected chi connectivity index (χ2v) is 12.3. The van der Waals surface area contributed by atoms with Crippen molar-refractivity contribution in [2.75, 3.05) is 20.1 Å². The van der Waals surface area contributed by atoms with E-state index in [1.807, 2.05) is 85.1 Å². The number of nitrogens with zero attached hydrogens (tertiary/aromatic N) is 2. The second kappa shape index (κ2) is 17.7. The van der Waals surface area contributed by atoms with E-state index >= 15 is 0 Å². The molecule has 0 aliphatic carbocycles. The lowest BCUT2D eigenvalue weighted by atomic mass is 9.97. The summed E-state index contributed by atoms with van der Waals surface area (Å²) in [6, 6.07) is 30.1. The fourth-order valence-corrected chi connectivity index (χ4v) is 5.94. The number of likely N-dealkylation sites (N-methyl/N-ethyl adjacent to an activating group) is 1. The SMILES string of the molecule is CN(CCc1ccccn1)C[C@H]1C[C@@H](c2ccc(CO)cc2)O[C@@H](c2ccc(-c3ccccc3CNC(=O)CCCCC(=O)O)cc2)O1. The molecule has 9 heteroatoms. The molecule has 0 radical (unpaired) electrons. The standard InChI is InChI=1S/C39H45N3O6/c1-42(23-21-33-9-6-7-22-40-33)26-34-24-36(30-15-13-28(27-43)14-16-30)48-39(47-34)31-19-17-29(18-20-31)35-10-3-2-8-32(35)25-41-37(44)11-4-5-12-38(45)46/h2-3,6-10,13-20,22,34,36,39,43H,4-5,11-12,21,23-27H2,1H3,(H,41,44)(H,45,46)/t34-,36+,39+/m1/s1. The van der Waals surface area contributed by atoms with Crippen LogP contribution in [0.5, 0.6) is 0 Å². The number of carboxylic acids is 1. The number of carbonyl (C=O) groups is 2. The van der Waals surface area contributed by atoms with Gasteiger partial charge in [0.2, 0.25) is 5.91 Å². The zero-order valence-corrected chi connectivity index (χ0v) is 27.5. The average molecular weight is 652 g/mol. The van der Waals surface area contributed by atoms with Crippen LogP contribution >= 0.6 is 0 Å². The Kier molecular flexibility index (Phi) is 12.8. The molecule has 0 bridgehead atoms. The van der Waals surface area contributed by atoms with E-state index in [2.05, 4.69) is 34.4 Å². The van der Waals surface area contributed by atoms with Crippen LogP contribution < -0.4 is 5.32 Å². The van der Waals surface area contributed by atoms with E-state index in [4.69, 9.17) is 14.6 Å². The molecule has 2 heterocycles. The minimum absolute atomic E-state index is 0.00231. The number of aliphatic hydroxyl groups is 1. The Bertz CT molecular complexity index is 1600. The molecule has 3 N–H and O–H groups in total. The number of carbonyl (C=O) groups excluding carboxylic acids is 1. The van der Waals surface area contributed by atoms with Crippen molar-refractivity contribution in [1.82, 2.24) is 15.2 Å². The lowest BCUT2D eigenvalue weighted by molar-refractivity contribution is -0.252. The van der Waals surface area contributed by atoms with E-state index in [9.17, 15) is 14.7 Å². The molecular formula is C39H45N3O6. The van der Waals surface area contributed by atoms with Crippen LogP contribution in [0.2, 0.25) is 0 Å². The first-order valence-electron chi connectivity index (χ1n) is 16.6. The number of benzene rings is 3. The van der Waals surface area contributed by atoms with Gasteiger partial charge in [-0.1, -0.05) is 78.9 Å². The number of unbranched alkanes of at least 4 members (excludes halogenated alkanes) is 1. The van der Waals surface area contributed by atoms with Crippen molar-refractivity contribution in [3.8, 4) is 11.1 Å². The third-order valence-electron chi connectivity index (χ3n) is 8.64. The first-order chi connectivity index (χ1) is 23.4. The number of aromatic nitrogens is 1. The molecule has 1 aliphatic rings. The normalized spacial score (nSPS) is 17.7. The fourth-order valence-electron chi connectivity index (χ4n) is 5.94. The maximum absolute atomic E-state index is 12.4. The number of hydrogen-bond acceptors (Lipinski definition) is 7. The summed E-state index contributed by atoms with van der Waals surface area (Å²) in [5, 5.41) is 21.3. The topological polar surface area (TPSA) is 121 Å². The predicted octanol–water partition coefficient (Wildman–Crippen LogP) is 6.22. The zero-order valence-electron chi connectivity index (χ0n) is 27.5. The van der Waals surface area contributed by atoms with Crippen molar-refractivity contribution >= 4 is 11.9 Å². The van der Waals surface area contributed by atoms with E-state index in [1.165, 1.54) is 0 Å². The first kappa shape index (κ1) is 34.9. The molecule has 1 aromatic heterocycles. The summed E-state index contributed by atoms with van der Waals surface area (Å²) in [7, 11) is 2.11. The van der Waals surface area contributed by atoms with Gasteiger partial charge in [0.15, 0.2) is 6.29 Å². The van der Waals surface area contributed by atoms with Crippen LogP contribution in [-0.4, -0.2) is 58.2 Å². The molecule has 1 aliphatic heterocycles. The molecule has 48 heavy (non-hydrogen) atoms. The first-order valence-corrected chi connectivity index (χ1v) is 16.6. The molecule has 3 atom stereocenters. The highest BCUT2D eigenvalue weighted by molar-refractivity contribution is 5.76. The largest absolute Gasteiger partial charge is 0.481 e. The Balaban J connectivity index is 1.26. The van der Waals surface area contributed by atoms with Gasteiger partial charge in [0.1, 0.15) is 0 Å². The highest BCUT2D eigenvalue weighted by Gasteiger charge is 2.32. The molecule has 4 aromatic rings. The van der Waals surface area contributed by atoms with Crippen molar-refractivity contribution in [1.29, 1.82) is 0 Å². The molecule has 1 saturated heterocycles. The third kappa shape index (κ3) is 10.3. The molecular weight excluding hydrogens is 606 g/mol. The monoisotopic (exact) mass is 651 g/mol. The Hall–Kier alpha value is -4.41. The molecule has 252 valence electrons. The number of nitrogens with one attached hydrogen (secondary N) is 1. The zero-order chi connectivity index (χ0) is 33.7. The number of aliphatic carboxylic acids is 1. The van der Waals surface area contributed by atoms with Crippen LogP contribution in [0.15, 0.2) is 97.2 Å². The lowest BCUT2D eigenvalue weighted by Gasteiger charge is -2.38. The van der Waals surface area contributed by atoms with E-state index < -0.39 is 12.3 Å². The minimum atomic E-state index is -0.842. The van der Waals surface area contributed by atoms with Gasteiger partial charge in [-0.25, -0.2) is 0 Å². The maximum Gasteiger partial charge on any atom is 0.303 e. The summed E-state index contributed by atoms with van der Waals surface area (Å²) in [6.45, 7) is 1.99. The van der Waals surface area contributed by atoms with Crippen molar-refractivity contribution in [3.63, 3.8) is 0 Å². The Morgan fingerprint density at radius 2 is 1.62 bits per heavy atom. The molecule has 1 amide bonds. The molecule has 0 saturated carbocycles. The highest BCUT2D eigenvalue weighted by atomic mass is 16.7. The maximum atomic E-state index is 12.4. The van der Waals surface area contributed by atoms with E-state index in [0.29, 0.717) is 32.2 Å². The number of amides is 1. The highest BCUT2D eigenvalue weighted by Crippen LogP contribution is 2.38. The number of hydrogen-bond donors (Lipinski definition) is 3. The Morgan fingerprint density at radius 3 is 2.35 bits per heavy atom. The lowest BCUT2D eigenvalue weighted by Crippen LogP contribution is -2.38. The van der Waals surface area contributed by atoms with Crippen LogP contribution in [0.25, 0.3) is 11.1 Å². The van der Waals surface area contributed by atoms with Gasteiger partial charge < -0.3 is 29.9 Å². The van der Waals surface area contributed by atoms with Crippen molar-refractivity contribution in [3.05, 3.63) is 125 Å². The fraction of sp³-hybridized carbons (Fsp3) is 0.359. The van der Waals surface area contributed by atoms with Gasteiger partial charge >= 0.3 is 5.97 Å². The number of carboxylic acid groups (broad SMARTS) is 1.